The largest absolute Gasteiger partial charge is 0.369 e. The minimum atomic E-state index is 0.0942. The molecule has 0 saturated carbocycles. The van der Waals surface area contributed by atoms with Crippen molar-refractivity contribution in [2.75, 3.05) is 24.5 Å². The quantitative estimate of drug-likeness (QED) is 0.830. The molecule has 1 aromatic carbocycles. The lowest BCUT2D eigenvalue weighted by Crippen LogP contribution is -2.46. The number of ketones is 1. The number of anilines is 1. The summed E-state index contributed by atoms with van der Waals surface area (Å²) in [5.41, 5.74) is 2.04. The number of carbonyl (C=O) groups is 1. The van der Waals surface area contributed by atoms with Crippen molar-refractivity contribution in [3.05, 3.63) is 29.8 Å². The number of hydrogen-bond donors (Lipinski definition) is 1. The zero-order valence-electron chi connectivity index (χ0n) is 12.4. The van der Waals surface area contributed by atoms with Gasteiger partial charge in [-0.05, 0) is 45.4 Å². The first kappa shape index (κ1) is 14.1. The second-order valence-electron chi connectivity index (χ2n) is 6.36. The molecule has 2 rings (SSSR count). The molecule has 0 aliphatic carbocycles. The Bertz CT molecular complexity index is 468. The van der Waals surface area contributed by atoms with Crippen LogP contribution in [0.25, 0.3) is 0 Å². The SMILES string of the molecule is CC(=O)c1cccc(N2CC(C)CNC(C)(C)C2)c1. The van der Waals surface area contributed by atoms with E-state index in [0.717, 1.165) is 30.9 Å². The van der Waals surface area contributed by atoms with E-state index in [1.54, 1.807) is 6.92 Å². The summed E-state index contributed by atoms with van der Waals surface area (Å²) >= 11 is 0. The summed E-state index contributed by atoms with van der Waals surface area (Å²) in [5, 5.41) is 3.60. The Morgan fingerprint density at radius 2 is 2.16 bits per heavy atom. The predicted molar refractivity (Wildman–Crippen MR) is 79.9 cm³/mol. The molecule has 19 heavy (non-hydrogen) atoms. The molecule has 0 amide bonds. The normalized spacial score (nSPS) is 22.9. The maximum Gasteiger partial charge on any atom is 0.159 e. The fourth-order valence-corrected chi connectivity index (χ4v) is 2.61. The van der Waals surface area contributed by atoms with Crippen LogP contribution in [0.4, 0.5) is 5.69 Å². The van der Waals surface area contributed by atoms with E-state index in [2.05, 4.69) is 37.1 Å². The van der Waals surface area contributed by atoms with Crippen LogP contribution in [0, 0.1) is 5.92 Å². The van der Waals surface area contributed by atoms with Crippen molar-refractivity contribution < 1.29 is 4.79 Å². The van der Waals surface area contributed by atoms with Gasteiger partial charge in [0.1, 0.15) is 0 Å². The lowest BCUT2D eigenvalue weighted by atomic mass is 10.0. The molecule has 1 N–H and O–H groups in total. The van der Waals surface area contributed by atoms with Gasteiger partial charge in [0.2, 0.25) is 0 Å². The molecular formula is C16H24N2O. The standard InChI is InChI=1S/C16H24N2O/c1-12-9-17-16(3,4)11-18(10-12)15-7-5-6-14(8-15)13(2)19/h5-8,12,17H,9-11H2,1-4H3. The second kappa shape index (κ2) is 5.33. The third-order valence-corrected chi connectivity index (χ3v) is 3.67. The molecule has 3 heteroatoms. The molecule has 1 aromatic rings. The van der Waals surface area contributed by atoms with Crippen LogP contribution in [0.1, 0.15) is 38.1 Å². The van der Waals surface area contributed by atoms with Gasteiger partial charge in [-0.15, -0.1) is 0 Å². The van der Waals surface area contributed by atoms with Crippen LogP contribution in [0.3, 0.4) is 0 Å². The van der Waals surface area contributed by atoms with Gasteiger partial charge in [-0.2, -0.15) is 0 Å². The van der Waals surface area contributed by atoms with Gasteiger partial charge in [-0.25, -0.2) is 0 Å². The number of benzene rings is 1. The summed E-state index contributed by atoms with van der Waals surface area (Å²) < 4.78 is 0. The van der Waals surface area contributed by atoms with E-state index in [9.17, 15) is 4.79 Å². The van der Waals surface area contributed by atoms with E-state index >= 15 is 0 Å². The molecule has 1 aliphatic heterocycles. The smallest absolute Gasteiger partial charge is 0.159 e. The molecule has 3 nitrogen and oxygen atoms in total. The van der Waals surface area contributed by atoms with Crippen molar-refractivity contribution in [1.29, 1.82) is 0 Å². The van der Waals surface area contributed by atoms with Crippen LogP contribution in [-0.2, 0) is 0 Å². The first-order valence-electron chi connectivity index (χ1n) is 6.98. The fourth-order valence-electron chi connectivity index (χ4n) is 2.61. The Hall–Kier alpha value is -1.35. The van der Waals surface area contributed by atoms with Crippen molar-refractivity contribution in [1.82, 2.24) is 5.32 Å². The zero-order valence-corrected chi connectivity index (χ0v) is 12.4. The number of carbonyl (C=O) groups excluding carboxylic acids is 1. The Balaban J connectivity index is 2.28. The number of nitrogens with one attached hydrogen (secondary N) is 1. The van der Waals surface area contributed by atoms with E-state index in [1.807, 2.05) is 18.2 Å². The minimum absolute atomic E-state index is 0.0942. The van der Waals surface area contributed by atoms with Gasteiger partial charge in [0.15, 0.2) is 5.78 Å². The average molecular weight is 260 g/mol. The molecule has 1 fully saturated rings. The van der Waals surface area contributed by atoms with Crippen LogP contribution < -0.4 is 10.2 Å². The molecular weight excluding hydrogens is 236 g/mol. The van der Waals surface area contributed by atoms with Crippen molar-refractivity contribution in [2.24, 2.45) is 5.92 Å². The monoisotopic (exact) mass is 260 g/mol. The van der Waals surface area contributed by atoms with Gasteiger partial charge >= 0.3 is 0 Å². The summed E-state index contributed by atoms with van der Waals surface area (Å²) in [4.78, 5) is 13.9. The van der Waals surface area contributed by atoms with E-state index in [4.69, 9.17) is 0 Å². The number of nitrogens with zero attached hydrogens (tertiary/aromatic N) is 1. The Labute approximate surface area is 116 Å². The molecule has 0 aromatic heterocycles. The topological polar surface area (TPSA) is 32.3 Å². The molecule has 1 saturated heterocycles. The highest BCUT2D eigenvalue weighted by atomic mass is 16.1. The summed E-state index contributed by atoms with van der Waals surface area (Å²) in [6, 6.07) is 7.97. The molecule has 104 valence electrons. The highest BCUT2D eigenvalue weighted by Gasteiger charge is 2.27. The van der Waals surface area contributed by atoms with Gasteiger partial charge in [-0.3, -0.25) is 4.79 Å². The van der Waals surface area contributed by atoms with E-state index in [1.165, 1.54) is 0 Å². The molecule has 0 radical (unpaired) electrons. The molecule has 0 spiro atoms. The number of Topliss-reactive ketones (excluding diaryl/α,β-unsaturated/α-hetero) is 1. The molecule has 0 bridgehead atoms. The van der Waals surface area contributed by atoms with Gasteiger partial charge in [0, 0.05) is 29.9 Å². The average Bonchev–Trinajstić information content (AvgIpc) is 2.48. The predicted octanol–water partition coefficient (Wildman–Crippen LogP) is 2.71. The van der Waals surface area contributed by atoms with Gasteiger partial charge in [-0.1, -0.05) is 19.1 Å². The van der Waals surface area contributed by atoms with Crippen molar-refractivity contribution in [3.63, 3.8) is 0 Å². The fraction of sp³-hybridized carbons (Fsp3) is 0.562. The van der Waals surface area contributed by atoms with E-state index in [0.29, 0.717) is 5.92 Å². The van der Waals surface area contributed by atoms with Crippen molar-refractivity contribution >= 4 is 11.5 Å². The maximum absolute atomic E-state index is 11.5. The maximum atomic E-state index is 11.5. The van der Waals surface area contributed by atoms with E-state index < -0.39 is 0 Å². The lowest BCUT2D eigenvalue weighted by Gasteiger charge is -2.31. The Morgan fingerprint density at radius 1 is 1.42 bits per heavy atom. The highest BCUT2D eigenvalue weighted by Crippen LogP contribution is 2.22. The highest BCUT2D eigenvalue weighted by molar-refractivity contribution is 5.95. The van der Waals surface area contributed by atoms with Crippen molar-refractivity contribution in [3.8, 4) is 0 Å². The third kappa shape index (κ3) is 3.57. The van der Waals surface area contributed by atoms with E-state index in [-0.39, 0.29) is 11.3 Å². The molecule has 1 aliphatic rings. The molecule has 1 heterocycles. The molecule has 1 unspecified atom stereocenters. The van der Waals surface area contributed by atoms with Gasteiger partial charge in [0.05, 0.1) is 0 Å². The summed E-state index contributed by atoms with van der Waals surface area (Å²) in [6.45, 7) is 11.4. The van der Waals surface area contributed by atoms with Gasteiger partial charge < -0.3 is 10.2 Å². The lowest BCUT2D eigenvalue weighted by molar-refractivity contribution is 0.101. The summed E-state index contributed by atoms with van der Waals surface area (Å²) in [7, 11) is 0. The second-order valence-corrected chi connectivity index (χ2v) is 6.36. The minimum Gasteiger partial charge on any atom is -0.369 e. The van der Waals surface area contributed by atoms with Crippen LogP contribution >= 0.6 is 0 Å². The number of rotatable bonds is 2. The first-order valence-corrected chi connectivity index (χ1v) is 6.98. The Kier molecular flexibility index (Phi) is 3.95. The summed E-state index contributed by atoms with van der Waals surface area (Å²) in [5.74, 6) is 0.727. The molecule has 1 atom stereocenters. The zero-order chi connectivity index (χ0) is 14.0. The summed E-state index contributed by atoms with van der Waals surface area (Å²) in [6.07, 6.45) is 0. The first-order chi connectivity index (χ1) is 8.87. The van der Waals surface area contributed by atoms with Gasteiger partial charge in [0.25, 0.3) is 0 Å². The van der Waals surface area contributed by atoms with Crippen LogP contribution in [-0.4, -0.2) is 31.0 Å². The number of hydrogen-bond acceptors (Lipinski definition) is 3. The Morgan fingerprint density at radius 3 is 2.84 bits per heavy atom. The van der Waals surface area contributed by atoms with Crippen molar-refractivity contribution in [2.45, 2.75) is 33.2 Å². The van der Waals surface area contributed by atoms with Crippen LogP contribution in [0.2, 0.25) is 0 Å². The van der Waals surface area contributed by atoms with Crippen LogP contribution in [0.15, 0.2) is 24.3 Å². The third-order valence-electron chi connectivity index (χ3n) is 3.67. The van der Waals surface area contributed by atoms with Crippen LogP contribution in [0.5, 0.6) is 0 Å².